The van der Waals surface area contributed by atoms with Crippen molar-refractivity contribution in [1.29, 1.82) is 0 Å². The minimum absolute atomic E-state index is 0.00635. The van der Waals surface area contributed by atoms with Gasteiger partial charge in [-0.05, 0) is 30.7 Å². The standard InChI is InChI=1S/C21H30N2O4S/c1-13(2)11-17(21(26)27)23-20(25)16(12-14-7-4-3-5-8-14)22-19(24)15-9-6-10-18(15)28/h3-5,7-8,13,15-18,28H,6,9-12H2,1-2H3,(H,22,24)(H,23,25)(H,26,27)/t15?,16-,17-,18?/m0/s1. The molecular formula is C21H30N2O4S. The molecule has 6 nitrogen and oxygen atoms in total. The first-order chi connectivity index (χ1) is 13.3. The molecule has 154 valence electrons. The summed E-state index contributed by atoms with van der Waals surface area (Å²) < 4.78 is 0. The molecule has 3 N–H and O–H groups in total. The van der Waals surface area contributed by atoms with Crippen LogP contribution in [0.1, 0.15) is 45.1 Å². The zero-order valence-corrected chi connectivity index (χ0v) is 17.3. The van der Waals surface area contributed by atoms with E-state index in [2.05, 4.69) is 23.3 Å². The maximum atomic E-state index is 12.9. The van der Waals surface area contributed by atoms with Gasteiger partial charge in [0.25, 0.3) is 0 Å². The van der Waals surface area contributed by atoms with Gasteiger partial charge in [0.15, 0.2) is 0 Å². The Morgan fingerprint density at radius 3 is 2.32 bits per heavy atom. The van der Waals surface area contributed by atoms with Gasteiger partial charge in [0.05, 0.1) is 0 Å². The Labute approximate surface area is 171 Å². The summed E-state index contributed by atoms with van der Waals surface area (Å²) in [5.41, 5.74) is 0.896. The quantitative estimate of drug-likeness (QED) is 0.474. The third-order valence-electron chi connectivity index (χ3n) is 5.05. The molecule has 1 fully saturated rings. The summed E-state index contributed by atoms with van der Waals surface area (Å²) in [5, 5.41) is 14.9. The van der Waals surface area contributed by atoms with Crippen molar-refractivity contribution in [2.45, 2.75) is 63.3 Å². The minimum Gasteiger partial charge on any atom is -0.480 e. The summed E-state index contributed by atoms with van der Waals surface area (Å²) in [6.45, 7) is 3.80. The smallest absolute Gasteiger partial charge is 0.326 e. The van der Waals surface area contributed by atoms with Gasteiger partial charge in [-0.2, -0.15) is 12.6 Å². The summed E-state index contributed by atoms with van der Waals surface area (Å²) in [5.74, 6) is -1.84. The predicted molar refractivity (Wildman–Crippen MR) is 111 cm³/mol. The van der Waals surface area contributed by atoms with E-state index in [1.54, 1.807) is 0 Å². The van der Waals surface area contributed by atoms with Gasteiger partial charge >= 0.3 is 5.97 Å². The molecule has 0 heterocycles. The molecule has 2 unspecified atom stereocenters. The predicted octanol–water partition coefficient (Wildman–Crippen LogP) is 2.43. The Hall–Kier alpha value is -2.02. The van der Waals surface area contributed by atoms with E-state index in [-0.39, 0.29) is 23.0 Å². The number of benzene rings is 1. The van der Waals surface area contributed by atoms with E-state index in [1.807, 2.05) is 44.2 Å². The van der Waals surface area contributed by atoms with Gasteiger partial charge in [-0.25, -0.2) is 4.79 Å². The molecule has 0 bridgehead atoms. The van der Waals surface area contributed by atoms with Crippen LogP contribution in [0.5, 0.6) is 0 Å². The van der Waals surface area contributed by atoms with Gasteiger partial charge in [-0.3, -0.25) is 9.59 Å². The van der Waals surface area contributed by atoms with Gasteiger partial charge in [0.2, 0.25) is 11.8 Å². The lowest BCUT2D eigenvalue weighted by Crippen LogP contribution is -2.54. The lowest BCUT2D eigenvalue weighted by molar-refractivity contribution is -0.142. The summed E-state index contributed by atoms with van der Waals surface area (Å²) in [7, 11) is 0. The van der Waals surface area contributed by atoms with E-state index in [9.17, 15) is 19.5 Å². The van der Waals surface area contributed by atoms with E-state index in [4.69, 9.17) is 0 Å². The van der Waals surface area contributed by atoms with Crippen LogP contribution in [0.2, 0.25) is 0 Å². The lowest BCUT2D eigenvalue weighted by atomic mass is 10.0. The number of thiol groups is 1. The topological polar surface area (TPSA) is 95.5 Å². The molecule has 1 aromatic carbocycles. The summed E-state index contributed by atoms with van der Waals surface area (Å²) in [4.78, 5) is 37.1. The number of rotatable bonds is 9. The second-order valence-electron chi connectivity index (χ2n) is 7.88. The lowest BCUT2D eigenvalue weighted by Gasteiger charge is -2.24. The van der Waals surface area contributed by atoms with Crippen LogP contribution < -0.4 is 10.6 Å². The second kappa shape index (κ2) is 10.5. The van der Waals surface area contributed by atoms with Crippen molar-refractivity contribution in [3.63, 3.8) is 0 Å². The molecule has 4 atom stereocenters. The van der Waals surface area contributed by atoms with Crippen LogP contribution in [0, 0.1) is 11.8 Å². The molecule has 0 spiro atoms. The van der Waals surface area contributed by atoms with Crippen LogP contribution >= 0.6 is 12.6 Å². The van der Waals surface area contributed by atoms with Crippen molar-refractivity contribution >= 4 is 30.4 Å². The summed E-state index contributed by atoms with van der Waals surface area (Å²) in [6, 6.07) is 7.57. The number of hydrogen-bond acceptors (Lipinski definition) is 4. The molecule has 1 saturated carbocycles. The zero-order chi connectivity index (χ0) is 20.7. The molecule has 7 heteroatoms. The first kappa shape index (κ1) is 22.3. The molecular weight excluding hydrogens is 376 g/mol. The Morgan fingerprint density at radius 2 is 1.79 bits per heavy atom. The third kappa shape index (κ3) is 6.55. The Kier molecular flexibility index (Phi) is 8.35. The highest BCUT2D eigenvalue weighted by atomic mass is 32.1. The van der Waals surface area contributed by atoms with Crippen LogP contribution in [-0.4, -0.2) is 40.2 Å². The average molecular weight is 407 g/mol. The molecule has 0 aliphatic heterocycles. The number of hydrogen-bond donors (Lipinski definition) is 4. The van der Waals surface area contributed by atoms with E-state index in [0.29, 0.717) is 12.8 Å². The molecule has 0 saturated heterocycles. The number of nitrogens with one attached hydrogen (secondary N) is 2. The zero-order valence-electron chi connectivity index (χ0n) is 16.4. The van der Waals surface area contributed by atoms with Crippen molar-refractivity contribution in [1.82, 2.24) is 10.6 Å². The second-order valence-corrected chi connectivity index (χ2v) is 8.55. The van der Waals surface area contributed by atoms with Crippen molar-refractivity contribution in [3.8, 4) is 0 Å². The molecule has 0 aromatic heterocycles. The fourth-order valence-electron chi connectivity index (χ4n) is 3.55. The minimum atomic E-state index is -1.07. The summed E-state index contributed by atoms with van der Waals surface area (Å²) in [6.07, 6.45) is 3.21. The molecule has 0 radical (unpaired) electrons. The van der Waals surface area contributed by atoms with Gasteiger partial charge in [0, 0.05) is 17.6 Å². The molecule has 1 aromatic rings. The van der Waals surface area contributed by atoms with Crippen LogP contribution in [0.4, 0.5) is 0 Å². The van der Waals surface area contributed by atoms with Crippen molar-refractivity contribution < 1.29 is 19.5 Å². The first-order valence-corrected chi connectivity index (χ1v) is 10.3. The number of carbonyl (C=O) groups excluding carboxylic acids is 2. The molecule has 2 amide bonds. The van der Waals surface area contributed by atoms with Crippen LogP contribution in [0.15, 0.2) is 30.3 Å². The van der Waals surface area contributed by atoms with Crippen molar-refractivity contribution in [3.05, 3.63) is 35.9 Å². The third-order valence-corrected chi connectivity index (χ3v) is 5.67. The van der Waals surface area contributed by atoms with Crippen LogP contribution in [0.25, 0.3) is 0 Å². The van der Waals surface area contributed by atoms with Crippen molar-refractivity contribution in [2.75, 3.05) is 0 Å². The maximum Gasteiger partial charge on any atom is 0.326 e. The number of carbonyl (C=O) groups is 3. The highest BCUT2D eigenvalue weighted by molar-refractivity contribution is 7.81. The number of aliphatic carboxylic acids is 1. The Morgan fingerprint density at radius 1 is 1.11 bits per heavy atom. The average Bonchev–Trinajstić information content (AvgIpc) is 3.07. The number of amides is 2. The maximum absolute atomic E-state index is 12.9. The highest BCUT2D eigenvalue weighted by Crippen LogP contribution is 2.30. The van der Waals surface area contributed by atoms with Crippen molar-refractivity contribution in [2.24, 2.45) is 11.8 Å². The molecule has 1 aliphatic rings. The Bertz CT molecular complexity index is 680. The van der Waals surface area contributed by atoms with Crippen LogP contribution in [0.3, 0.4) is 0 Å². The van der Waals surface area contributed by atoms with Crippen LogP contribution in [-0.2, 0) is 20.8 Å². The first-order valence-electron chi connectivity index (χ1n) is 9.83. The fraction of sp³-hybridized carbons (Fsp3) is 0.571. The van der Waals surface area contributed by atoms with E-state index >= 15 is 0 Å². The fourth-order valence-corrected chi connectivity index (χ4v) is 4.02. The number of carboxylic acid groups (broad SMARTS) is 1. The summed E-state index contributed by atoms with van der Waals surface area (Å²) >= 11 is 4.48. The Balaban J connectivity index is 2.13. The van der Waals surface area contributed by atoms with Gasteiger partial charge in [0.1, 0.15) is 12.1 Å². The largest absolute Gasteiger partial charge is 0.480 e. The molecule has 1 aliphatic carbocycles. The highest BCUT2D eigenvalue weighted by Gasteiger charge is 2.34. The molecule has 28 heavy (non-hydrogen) atoms. The number of carboxylic acids is 1. The monoisotopic (exact) mass is 406 g/mol. The normalized spacial score (nSPS) is 21.1. The van der Waals surface area contributed by atoms with E-state index in [1.165, 1.54) is 0 Å². The van der Waals surface area contributed by atoms with Gasteiger partial charge in [-0.15, -0.1) is 0 Å². The van der Waals surface area contributed by atoms with E-state index < -0.39 is 24.0 Å². The van der Waals surface area contributed by atoms with Gasteiger partial charge < -0.3 is 15.7 Å². The van der Waals surface area contributed by atoms with E-state index in [0.717, 1.165) is 24.8 Å². The SMILES string of the molecule is CC(C)C[C@H](NC(=O)[C@H](Cc1ccccc1)NC(=O)C1CCCC1S)C(=O)O. The molecule has 2 rings (SSSR count). The van der Waals surface area contributed by atoms with Gasteiger partial charge in [-0.1, -0.05) is 50.6 Å².